The fourth-order valence-electron chi connectivity index (χ4n) is 3.72. The zero-order chi connectivity index (χ0) is 14.7. The predicted octanol–water partition coefficient (Wildman–Crippen LogP) is 6.14. The first-order chi connectivity index (χ1) is 10.9. The smallest absolute Gasteiger partial charge is 0.116 e. The van der Waals surface area contributed by atoms with Gasteiger partial charge in [-0.05, 0) is 48.9 Å². The van der Waals surface area contributed by atoms with Gasteiger partial charge in [0.1, 0.15) is 5.69 Å². The Morgan fingerprint density at radius 2 is 1.14 bits per heavy atom. The molecule has 0 aliphatic carbocycles. The van der Waals surface area contributed by atoms with Crippen LogP contribution in [-0.2, 0) is 0 Å². The monoisotopic (exact) mass is 281 g/mol. The second-order valence-electron chi connectivity index (χ2n) is 5.66. The van der Waals surface area contributed by atoms with Crippen LogP contribution < -0.4 is 0 Å². The van der Waals surface area contributed by atoms with Crippen molar-refractivity contribution in [2.75, 3.05) is 0 Å². The zero-order valence-electron chi connectivity index (χ0n) is 11.7. The summed E-state index contributed by atoms with van der Waals surface area (Å²) in [5, 5.41) is 12.4. The SMILES string of the molecule is O=Nc1ccc2cccc3c4cccc5cccc(c1c23)c54. The van der Waals surface area contributed by atoms with Crippen LogP contribution in [0.1, 0.15) is 0 Å². The van der Waals surface area contributed by atoms with E-state index in [0.717, 1.165) is 21.5 Å². The summed E-state index contributed by atoms with van der Waals surface area (Å²) in [5.41, 5.74) is 0.516. The van der Waals surface area contributed by atoms with Gasteiger partial charge in [-0.1, -0.05) is 60.7 Å². The van der Waals surface area contributed by atoms with Crippen molar-refractivity contribution in [2.24, 2.45) is 5.18 Å². The van der Waals surface area contributed by atoms with Crippen LogP contribution in [-0.4, -0.2) is 0 Å². The molecule has 5 rings (SSSR count). The summed E-state index contributed by atoms with van der Waals surface area (Å²) < 4.78 is 0. The third-order valence-electron chi connectivity index (χ3n) is 4.59. The summed E-state index contributed by atoms with van der Waals surface area (Å²) in [6.07, 6.45) is 0. The molecule has 2 nitrogen and oxygen atoms in total. The molecule has 0 radical (unpaired) electrons. The second kappa shape index (κ2) is 4.01. The van der Waals surface area contributed by atoms with Crippen molar-refractivity contribution in [1.82, 2.24) is 0 Å². The maximum atomic E-state index is 11.3. The highest BCUT2D eigenvalue weighted by Gasteiger charge is 2.15. The van der Waals surface area contributed by atoms with E-state index < -0.39 is 0 Å². The van der Waals surface area contributed by atoms with Gasteiger partial charge in [0.25, 0.3) is 0 Å². The van der Waals surface area contributed by atoms with Crippen molar-refractivity contribution < 1.29 is 0 Å². The minimum atomic E-state index is 0.516. The standard InChI is InChI=1S/C20H11NO/c22-21-17-11-10-13-6-2-8-15-14-7-1-4-12-5-3-9-16(18(12)14)20(17)19(13)15/h1-11H. The number of benzene rings is 5. The van der Waals surface area contributed by atoms with Crippen molar-refractivity contribution in [3.63, 3.8) is 0 Å². The van der Waals surface area contributed by atoms with E-state index in [2.05, 4.69) is 53.7 Å². The highest BCUT2D eigenvalue weighted by Crippen LogP contribution is 2.43. The minimum Gasteiger partial charge on any atom is -0.145 e. The number of nitrogens with zero attached hydrogens (tertiary/aromatic N) is 1. The van der Waals surface area contributed by atoms with E-state index in [0.29, 0.717) is 5.69 Å². The Morgan fingerprint density at radius 3 is 1.82 bits per heavy atom. The molecule has 0 bridgehead atoms. The largest absolute Gasteiger partial charge is 0.145 e. The van der Waals surface area contributed by atoms with Gasteiger partial charge in [0, 0.05) is 5.39 Å². The third-order valence-corrected chi connectivity index (χ3v) is 4.59. The topological polar surface area (TPSA) is 29.4 Å². The van der Waals surface area contributed by atoms with Crippen LogP contribution in [0.2, 0.25) is 0 Å². The van der Waals surface area contributed by atoms with Gasteiger partial charge in [-0.15, -0.1) is 4.91 Å². The maximum Gasteiger partial charge on any atom is 0.116 e. The van der Waals surface area contributed by atoms with Crippen molar-refractivity contribution in [2.45, 2.75) is 0 Å². The molecule has 0 aromatic heterocycles. The van der Waals surface area contributed by atoms with Crippen LogP contribution in [0.5, 0.6) is 0 Å². The lowest BCUT2D eigenvalue weighted by atomic mass is 9.89. The van der Waals surface area contributed by atoms with Crippen LogP contribution in [0, 0.1) is 4.91 Å². The van der Waals surface area contributed by atoms with Crippen molar-refractivity contribution >= 4 is 48.8 Å². The van der Waals surface area contributed by atoms with Crippen LogP contribution in [0.15, 0.2) is 71.9 Å². The Bertz CT molecular complexity index is 1180. The van der Waals surface area contributed by atoms with Gasteiger partial charge < -0.3 is 0 Å². The lowest BCUT2D eigenvalue weighted by Crippen LogP contribution is -1.86. The molecule has 0 atom stereocenters. The summed E-state index contributed by atoms with van der Waals surface area (Å²) in [6, 6.07) is 22.7. The minimum absolute atomic E-state index is 0.516. The van der Waals surface area contributed by atoms with Gasteiger partial charge >= 0.3 is 0 Å². The van der Waals surface area contributed by atoms with Gasteiger partial charge in [0.05, 0.1) is 0 Å². The highest BCUT2D eigenvalue weighted by atomic mass is 16.3. The van der Waals surface area contributed by atoms with Crippen LogP contribution in [0.3, 0.4) is 0 Å². The number of nitroso groups, excluding NO2 is 1. The highest BCUT2D eigenvalue weighted by molar-refractivity contribution is 6.34. The molecule has 0 amide bonds. The summed E-state index contributed by atoms with van der Waals surface area (Å²) in [6.45, 7) is 0. The molecular formula is C20H11NO. The Hall–Kier alpha value is -3.00. The Kier molecular flexibility index (Phi) is 2.12. The number of hydrogen-bond donors (Lipinski definition) is 0. The molecule has 5 aromatic carbocycles. The summed E-state index contributed by atoms with van der Waals surface area (Å²) >= 11 is 0. The van der Waals surface area contributed by atoms with Crippen LogP contribution in [0.4, 0.5) is 5.69 Å². The summed E-state index contributed by atoms with van der Waals surface area (Å²) in [7, 11) is 0. The normalized spacial score (nSPS) is 11.8. The average Bonchev–Trinajstić information content (AvgIpc) is 2.59. The molecule has 2 heteroatoms. The molecule has 0 saturated heterocycles. The molecular weight excluding hydrogens is 270 g/mol. The van der Waals surface area contributed by atoms with Gasteiger partial charge in [0.2, 0.25) is 0 Å². The molecule has 0 N–H and O–H groups in total. The van der Waals surface area contributed by atoms with Gasteiger partial charge in [-0.2, -0.15) is 0 Å². The molecule has 0 spiro atoms. The van der Waals surface area contributed by atoms with E-state index in [4.69, 9.17) is 0 Å². The second-order valence-corrected chi connectivity index (χ2v) is 5.66. The van der Waals surface area contributed by atoms with Gasteiger partial charge in [0.15, 0.2) is 0 Å². The molecule has 0 heterocycles. The first-order valence-corrected chi connectivity index (χ1v) is 7.30. The van der Waals surface area contributed by atoms with Crippen molar-refractivity contribution in [3.8, 4) is 0 Å². The van der Waals surface area contributed by atoms with E-state index in [1.807, 2.05) is 18.2 Å². The fraction of sp³-hybridized carbons (Fsp3) is 0. The third kappa shape index (κ3) is 1.29. The number of rotatable bonds is 1. The fourth-order valence-corrected chi connectivity index (χ4v) is 3.72. The molecule has 0 unspecified atom stereocenters. The molecule has 0 saturated carbocycles. The molecule has 0 aliphatic heterocycles. The van der Waals surface area contributed by atoms with E-state index in [1.54, 1.807) is 0 Å². The van der Waals surface area contributed by atoms with Crippen LogP contribution in [0.25, 0.3) is 43.1 Å². The number of hydrogen-bond acceptors (Lipinski definition) is 2. The number of fused-ring (bicyclic) bond motifs is 2. The van der Waals surface area contributed by atoms with Crippen LogP contribution >= 0.6 is 0 Å². The molecule has 5 aromatic rings. The summed E-state index contributed by atoms with van der Waals surface area (Å²) in [5.74, 6) is 0. The first kappa shape index (κ1) is 11.6. The van der Waals surface area contributed by atoms with E-state index in [9.17, 15) is 4.91 Å². The molecule has 102 valence electrons. The molecule has 0 aliphatic rings. The van der Waals surface area contributed by atoms with Crippen molar-refractivity contribution in [1.29, 1.82) is 0 Å². The average molecular weight is 281 g/mol. The maximum absolute atomic E-state index is 11.3. The zero-order valence-corrected chi connectivity index (χ0v) is 11.7. The molecule has 22 heavy (non-hydrogen) atoms. The van der Waals surface area contributed by atoms with Gasteiger partial charge in [-0.3, -0.25) is 0 Å². The first-order valence-electron chi connectivity index (χ1n) is 7.30. The van der Waals surface area contributed by atoms with E-state index in [1.165, 1.54) is 21.5 Å². The quantitative estimate of drug-likeness (QED) is 0.206. The predicted molar refractivity (Wildman–Crippen MR) is 93.1 cm³/mol. The Balaban J connectivity index is 2.31. The Morgan fingerprint density at radius 1 is 0.545 bits per heavy atom. The van der Waals surface area contributed by atoms with Gasteiger partial charge in [-0.25, -0.2) is 0 Å². The lowest BCUT2D eigenvalue weighted by molar-refractivity contribution is 1.55. The van der Waals surface area contributed by atoms with E-state index in [-0.39, 0.29) is 0 Å². The Labute approximate surface area is 126 Å². The lowest BCUT2D eigenvalue weighted by Gasteiger charge is -2.14. The summed E-state index contributed by atoms with van der Waals surface area (Å²) in [4.78, 5) is 11.3. The van der Waals surface area contributed by atoms with Crippen molar-refractivity contribution in [3.05, 3.63) is 71.6 Å². The molecule has 0 fully saturated rings. The van der Waals surface area contributed by atoms with E-state index >= 15 is 0 Å².